The van der Waals surface area contributed by atoms with Crippen LogP contribution in [0.15, 0.2) is 50.5 Å². The number of rotatable bonds is 6. The van der Waals surface area contributed by atoms with Gasteiger partial charge in [0.15, 0.2) is 5.58 Å². The predicted molar refractivity (Wildman–Crippen MR) is 122 cm³/mol. The van der Waals surface area contributed by atoms with Crippen molar-refractivity contribution in [2.75, 3.05) is 25.0 Å². The summed E-state index contributed by atoms with van der Waals surface area (Å²) in [6.45, 7) is 5.09. The Morgan fingerprint density at radius 2 is 1.81 bits per heavy atom. The molecule has 32 heavy (non-hydrogen) atoms. The van der Waals surface area contributed by atoms with Gasteiger partial charge < -0.3 is 9.32 Å². The van der Waals surface area contributed by atoms with Gasteiger partial charge in [-0.05, 0) is 50.5 Å². The monoisotopic (exact) mass is 457 g/mol. The van der Waals surface area contributed by atoms with Crippen LogP contribution >= 0.6 is 0 Å². The maximum absolute atomic E-state index is 12.8. The van der Waals surface area contributed by atoms with E-state index in [1.54, 1.807) is 18.0 Å². The normalized spacial score (nSPS) is 14.8. The highest BCUT2D eigenvalue weighted by molar-refractivity contribution is 7.89. The second-order valence-corrected chi connectivity index (χ2v) is 10.2. The Balaban J connectivity index is 1.54. The first-order valence-electron chi connectivity index (χ1n) is 10.7. The number of fused-ring (bicyclic) bond motifs is 1. The zero-order valence-corrected chi connectivity index (χ0v) is 19.3. The van der Waals surface area contributed by atoms with Crippen LogP contribution < -0.4 is 10.7 Å². The van der Waals surface area contributed by atoms with Crippen LogP contribution in [0.2, 0.25) is 0 Å². The van der Waals surface area contributed by atoms with E-state index in [0.717, 1.165) is 29.7 Å². The van der Waals surface area contributed by atoms with Gasteiger partial charge >= 0.3 is 5.76 Å². The first-order chi connectivity index (χ1) is 15.2. The number of hydrogen-bond acceptors (Lipinski definition) is 5. The summed E-state index contributed by atoms with van der Waals surface area (Å²) in [5.74, 6) is -0.746. The molecule has 0 unspecified atom stereocenters. The quantitative estimate of drug-likeness (QED) is 0.567. The van der Waals surface area contributed by atoms with Crippen LogP contribution in [0.4, 0.5) is 5.69 Å². The van der Waals surface area contributed by atoms with Gasteiger partial charge in [0.25, 0.3) is 0 Å². The van der Waals surface area contributed by atoms with Crippen LogP contribution in [-0.2, 0) is 21.4 Å². The minimum atomic E-state index is -3.61. The molecule has 1 aromatic heterocycles. The molecule has 0 aliphatic carbocycles. The molecule has 1 aliphatic rings. The lowest BCUT2D eigenvalue weighted by Crippen LogP contribution is -2.29. The van der Waals surface area contributed by atoms with E-state index >= 15 is 0 Å². The van der Waals surface area contributed by atoms with Crippen molar-refractivity contribution in [1.82, 2.24) is 8.87 Å². The Kier molecular flexibility index (Phi) is 5.96. The van der Waals surface area contributed by atoms with E-state index in [0.29, 0.717) is 18.6 Å². The number of nitrogens with zero attached hydrogens (tertiary/aromatic N) is 3. The molecule has 1 fully saturated rings. The first-order valence-corrected chi connectivity index (χ1v) is 12.1. The topological polar surface area (TPSA) is 92.8 Å². The summed E-state index contributed by atoms with van der Waals surface area (Å²) in [5.41, 5.74) is 3.61. The Bertz CT molecular complexity index is 1330. The van der Waals surface area contributed by atoms with Gasteiger partial charge in [-0.15, -0.1) is 0 Å². The molecule has 4 rings (SSSR count). The zero-order valence-electron chi connectivity index (χ0n) is 18.5. The van der Waals surface area contributed by atoms with E-state index in [1.807, 2.05) is 32.0 Å². The number of anilines is 1. The van der Waals surface area contributed by atoms with Gasteiger partial charge in [-0.25, -0.2) is 13.2 Å². The van der Waals surface area contributed by atoms with Crippen LogP contribution in [0.3, 0.4) is 0 Å². The molecule has 2 aromatic carbocycles. The van der Waals surface area contributed by atoms with Crippen molar-refractivity contribution in [1.29, 1.82) is 0 Å². The van der Waals surface area contributed by atoms with Crippen LogP contribution in [0.5, 0.6) is 0 Å². The van der Waals surface area contributed by atoms with Crippen molar-refractivity contribution in [3.8, 4) is 0 Å². The first kappa shape index (κ1) is 22.3. The number of aromatic nitrogens is 1. The average Bonchev–Trinajstić information content (AvgIpc) is 3.39. The second kappa shape index (κ2) is 8.55. The summed E-state index contributed by atoms with van der Waals surface area (Å²) in [5, 5.41) is 0. The molecule has 0 atom stereocenters. The summed E-state index contributed by atoms with van der Waals surface area (Å²) in [4.78, 5) is 26.9. The molecule has 1 saturated heterocycles. The van der Waals surface area contributed by atoms with E-state index in [1.165, 1.54) is 21.0 Å². The van der Waals surface area contributed by atoms with Gasteiger partial charge in [0.05, 0.1) is 10.4 Å². The predicted octanol–water partition coefficient (Wildman–Crippen LogP) is 3.05. The van der Waals surface area contributed by atoms with Gasteiger partial charge in [0.2, 0.25) is 15.9 Å². The van der Waals surface area contributed by atoms with Gasteiger partial charge in [0.1, 0.15) is 0 Å². The van der Waals surface area contributed by atoms with Crippen LogP contribution in [0, 0.1) is 13.8 Å². The third-order valence-corrected chi connectivity index (χ3v) is 7.87. The maximum Gasteiger partial charge on any atom is 0.419 e. The highest BCUT2D eigenvalue weighted by atomic mass is 32.2. The second-order valence-electron chi connectivity index (χ2n) is 8.25. The number of benzene rings is 2. The molecule has 8 nitrogen and oxygen atoms in total. The molecule has 0 saturated carbocycles. The van der Waals surface area contributed by atoms with Crippen molar-refractivity contribution in [2.45, 2.75) is 44.6 Å². The number of hydrogen-bond donors (Lipinski definition) is 0. The van der Waals surface area contributed by atoms with E-state index in [2.05, 4.69) is 0 Å². The Morgan fingerprint density at radius 1 is 1.09 bits per heavy atom. The zero-order chi connectivity index (χ0) is 23.0. The molecule has 0 spiro atoms. The van der Waals surface area contributed by atoms with E-state index in [9.17, 15) is 18.0 Å². The summed E-state index contributed by atoms with van der Waals surface area (Å²) in [6, 6.07) is 10.3. The maximum atomic E-state index is 12.8. The van der Waals surface area contributed by atoms with Crippen molar-refractivity contribution >= 4 is 32.7 Å². The number of oxazole rings is 1. The minimum Gasteiger partial charge on any atom is -0.408 e. The van der Waals surface area contributed by atoms with Crippen LogP contribution in [-0.4, -0.2) is 43.3 Å². The van der Waals surface area contributed by atoms with Crippen molar-refractivity contribution in [2.24, 2.45) is 0 Å². The molecule has 9 heteroatoms. The number of aryl methyl sites for hydroxylation is 3. The smallest absolute Gasteiger partial charge is 0.408 e. The lowest BCUT2D eigenvalue weighted by molar-refractivity contribution is -0.118. The molecule has 170 valence electrons. The van der Waals surface area contributed by atoms with Crippen molar-refractivity contribution in [3.63, 3.8) is 0 Å². The number of carbonyl (C=O) groups excluding carboxylic acids is 1. The van der Waals surface area contributed by atoms with E-state index in [-0.39, 0.29) is 29.4 Å². The highest BCUT2D eigenvalue weighted by Gasteiger charge is 2.28. The van der Waals surface area contributed by atoms with Crippen LogP contribution in [0.1, 0.15) is 30.4 Å². The molecule has 0 radical (unpaired) electrons. The molecule has 3 aromatic rings. The van der Waals surface area contributed by atoms with Gasteiger partial charge in [-0.1, -0.05) is 17.7 Å². The summed E-state index contributed by atoms with van der Waals surface area (Å²) < 4.78 is 33.7. The fourth-order valence-electron chi connectivity index (χ4n) is 4.19. The summed E-state index contributed by atoms with van der Waals surface area (Å²) >= 11 is 0. The molecule has 0 bridgehead atoms. The highest BCUT2D eigenvalue weighted by Crippen LogP contribution is 2.25. The standard InChI is InChI=1S/C23H27N3O5S/c1-16-6-8-19(17(2)14-16)24(3)22(27)10-13-26-20-9-7-18(15-21(20)31-23(26)28)32(29,30)25-11-4-5-12-25/h6-9,14-15H,4-5,10-13H2,1-3H3. The summed E-state index contributed by atoms with van der Waals surface area (Å²) in [6.07, 6.45) is 1.79. The summed E-state index contributed by atoms with van der Waals surface area (Å²) in [7, 11) is -1.89. The lowest BCUT2D eigenvalue weighted by Gasteiger charge is -2.20. The largest absolute Gasteiger partial charge is 0.419 e. The number of amides is 1. The molecular formula is C23H27N3O5S. The Labute approximate surface area is 187 Å². The Morgan fingerprint density at radius 3 is 2.50 bits per heavy atom. The van der Waals surface area contributed by atoms with E-state index < -0.39 is 15.8 Å². The van der Waals surface area contributed by atoms with Gasteiger partial charge in [-0.2, -0.15) is 4.31 Å². The van der Waals surface area contributed by atoms with Crippen molar-refractivity contribution < 1.29 is 17.6 Å². The molecular weight excluding hydrogens is 430 g/mol. The fourth-order valence-corrected chi connectivity index (χ4v) is 5.72. The minimum absolute atomic E-state index is 0.103. The fraction of sp³-hybridized carbons (Fsp3) is 0.391. The SMILES string of the molecule is Cc1ccc(N(C)C(=O)CCn2c(=O)oc3cc(S(=O)(=O)N4CCCC4)ccc32)c(C)c1. The van der Waals surface area contributed by atoms with Gasteiger partial charge in [-0.3, -0.25) is 9.36 Å². The number of carbonyl (C=O) groups is 1. The van der Waals surface area contributed by atoms with E-state index in [4.69, 9.17) is 4.42 Å². The third kappa shape index (κ3) is 4.10. The molecule has 0 N–H and O–H groups in total. The molecule has 2 heterocycles. The van der Waals surface area contributed by atoms with Gasteiger partial charge in [0, 0.05) is 44.9 Å². The third-order valence-electron chi connectivity index (χ3n) is 5.98. The Hall–Kier alpha value is -2.91. The molecule has 1 amide bonds. The number of sulfonamides is 1. The van der Waals surface area contributed by atoms with Crippen molar-refractivity contribution in [3.05, 3.63) is 58.1 Å². The van der Waals surface area contributed by atoms with Crippen LogP contribution in [0.25, 0.3) is 11.1 Å². The lowest BCUT2D eigenvalue weighted by atomic mass is 10.1. The average molecular weight is 458 g/mol. The molecule has 1 aliphatic heterocycles.